The molecule has 0 saturated heterocycles. The number of nitrogens with two attached hydrogens (primary N) is 1. The predicted octanol–water partition coefficient (Wildman–Crippen LogP) is 0.965. The van der Waals surface area contributed by atoms with E-state index in [0.29, 0.717) is 23.8 Å². The number of amides is 1. The largest absolute Gasteiger partial charge is 0.395 e. The van der Waals surface area contributed by atoms with Crippen molar-refractivity contribution in [3.63, 3.8) is 0 Å². The molecule has 3 N–H and O–H groups in total. The van der Waals surface area contributed by atoms with E-state index >= 15 is 0 Å². The number of nitrogens with one attached hydrogen (secondary N) is 1. The number of aromatic nitrogens is 2. The summed E-state index contributed by atoms with van der Waals surface area (Å²) in [5.74, 6) is 2.71. The van der Waals surface area contributed by atoms with Crippen LogP contribution in [0.5, 0.6) is 0 Å². The van der Waals surface area contributed by atoms with Crippen LogP contribution in [-0.2, 0) is 0 Å². The number of terminal acetylenes is 1. The van der Waals surface area contributed by atoms with E-state index in [1.54, 1.807) is 4.90 Å². The second-order valence-corrected chi connectivity index (χ2v) is 4.20. The van der Waals surface area contributed by atoms with Gasteiger partial charge in [-0.05, 0) is 19.8 Å². The van der Waals surface area contributed by atoms with Gasteiger partial charge < -0.3 is 10.6 Å². The monoisotopic (exact) mass is 232 g/mol. The van der Waals surface area contributed by atoms with Crippen molar-refractivity contribution in [2.45, 2.75) is 25.7 Å². The normalized spacial score (nSPS) is 14.4. The number of carbonyl (C=O) groups excluding carboxylic acids is 1. The zero-order valence-electron chi connectivity index (χ0n) is 9.86. The van der Waals surface area contributed by atoms with E-state index in [1.165, 1.54) is 0 Å². The lowest BCUT2D eigenvalue weighted by Gasteiger charge is -2.16. The Morgan fingerprint density at radius 1 is 1.71 bits per heavy atom. The molecule has 0 aliphatic heterocycles. The Hall–Kier alpha value is -1.96. The van der Waals surface area contributed by atoms with Crippen LogP contribution < -0.4 is 5.73 Å². The molecule has 1 aromatic heterocycles. The third-order valence-corrected chi connectivity index (χ3v) is 2.97. The summed E-state index contributed by atoms with van der Waals surface area (Å²) in [7, 11) is 0. The Morgan fingerprint density at radius 2 is 2.41 bits per heavy atom. The van der Waals surface area contributed by atoms with Crippen molar-refractivity contribution in [2.75, 3.05) is 18.8 Å². The molecule has 0 aromatic carbocycles. The number of nitrogen functional groups attached to an aromatic ring is 1. The van der Waals surface area contributed by atoms with E-state index in [9.17, 15) is 4.79 Å². The van der Waals surface area contributed by atoms with Gasteiger partial charge in [0.25, 0.3) is 5.91 Å². The number of H-pyrrole nitrogens is 1. The third kappa shape index (κ3) is 2.11. The zero-order chi connectivity index (χ0) is 12.4. The van der Waals surface area contributed by atoms with Gasteiger partial charge in [0.15, 0.2) is 5.69 Å². The van der Waals surface area contributed by atoms with Crippen LogP contribution in [0.2, 0.25) is 0 Å². The average Bonchev–Trinajstić information content (AvgIpc) is 3.09. The molecule has 1 aliphatic carbocycles. The molecule has 1 saturated carbocycles. The minimum Gasteiger partial charge on any atom is -0.395 e. The van der Waals surface area contributed by atoms with Crippen LogP contribution in [0.1, 0.15) is 41.9 Å². The first-order valence-corrected chi connectivity index (χ1v) is 5.75. The summed E-state index contributed by atoms with van der Waals surface area (Å²) >= 11 is 0. The fourth-order valence-electron chi connectivity index (χ4n) is 1.80. The molecule has 0 spiro atoms. The molecule has 0 radical (unpaired) electrons. The number of nitrogens with zero attached hydrogens (tertiary/aromatic N) is 2. The second kappa shape index (κ2) is 4.50. The topological polar surface area (TPSA) is 75.0 Å². The summed E-state index contributed by atoms with van der Waals surface area (Å²) in [6, 6.07) is 0. The molecular formula is C12H16N4O. The molecule has 0 bridgehead atoms. The molecule has 0 unspecified atom stereocenters. The zero-order valence-corrected chi connectivity index (χ0v) is 9.86. The lowest BCUT2D eigenvalue weighted by Crippen LogP contribution is -2.31. The van der Waals surface area contributed by atoms with Gasteiger partial charge in [0.2, 0.25) is 0 Å². The van der Waals surface area contributed by atoms with Crippen LogP contribution in [0, 0.1) is 12.3 Å². The van der Waals surface area contributed by atoms with Crippen molar-refractivity contribution >= 4 is 11.6 Å². The fraction of sp³-hybridized carbons (Fsp3) is 0.500. The van der Waals surface area contributed by atoms with Crippen molar-refractivity contribution in [3.8, 4) is 12.3 Å². The van der Waals surface area contributed by atoms with E-state index in [-0.39, 0.29) is 12.5 Å². The number of hydrogen-bond donors (Lipinski definition) is 2. The second-order valence-electron chi connectivity index (χ2n) is 4.20. The van der Waals surface area contributed by atoms with Crippen LogP contribution in [0.4, 0.5) is 5.69 Å². The molecule has 90 valence electrons. The highest BCUT2D eigenvalue weighted by Crippen LogP contribution is 2.42. The van der Waals surface area contributed by atoms with Crippen molar-refractivity contribution < 1.29 is 4.79 Å². The van der Waals surface area contributed by atoms with Gasteiger partial charge in [0, 0.05) is 12.5 Å². The van der Waals surface area contributed by atoms with Crippen molar-refractivity contribution in [2.24, 2.45) is 0 Å². The molecule has 1 aromatic rings. The van der Waals surface area contributed by atoms with Gasteiger partial charge >= 0.3 is 0 Å². The average molecular weight is 232 g/mol. The molecule has 1 heterocycles. The predicted molar refractivity (Wildman–Crippen MR) is 65.4 cm³/mol. The SMILES string of the molecule is C#CCN(CC)C(=O)c1n[nH]c(C2CC2)c1N. The van der Waals surface area contributed by atoms with Crippen LogP contribution in [0.3, 0.4) is 0 Å². The quantitative estimate of drug-likeness (QED) is 0.759. The highest BCUT2D eigenvalue weighted by atomic mass is 16.2. The molecule has 1 fully saturated rings. The molecule has 2 rings (SSSR count). The minimum absolute atomic E-state index is 0.203. The Labute approximate surface area is 100 Å². The number of carbonyl (C=O) groups is 1. The van der Waals surface area contributed by atoms with E-state index in [1.807, 2.05) is 6.92 Å². The first kappa shape index (κ1) is 11.5. The van der Waals surface area contributed by atoms with E-state index in [2.05, 4.69) is 16.1 Å². The molecule has 5 heteroatoms. The Kier molecular flexibility index (Phi) is 3.05. The van der Waals surface area contributed by atoms with Crippen LogP contribution >= 0.6 is 0 Å². The molecule has 1 aliphatic rings. The minimum atomic E-state index is -0.203. The molecule has 1 amide bonds. The van der Waals surface area contributed by atoms with E-state index in [0.717, 1.165) is 18.5 Å². The smallest absolute Gasteiger partial charge is 0.277 e. The first-order chi connectivity index (χ1) is 8.19. The summed E-state index contributed by atoms with van der Waals surface area (Å²) in [6.07, 6.45) is 7.44. The van der Waals surface area contributed by atoms with Gasteiger partial charge in [0.05, 0.1) is 17.9 Å². The van der Waals surface area contributed by atoms with E-state index < -0.39 is 0 Å². The van der Waals surface area contributed by atoms with Gasteiger partial charge in [-0.25, -0.2) is 0 Å². The summed E-state index contributed by atoms with van der Waals surface area (Å²) in [4.78, 5) is 13.7. The van der Waals surface area contributed by atoms with Gasteiger partial charge in [-0.1, -0.05) is 5.92 Å². The standard InChI is InChI=1S/C12H16N4O/c1-3-7-16(4-2)12(17)11-9(13)10(14-15-11)8-5-6-8/h1,8H,4-7,13H2,2H3,(H,14,15). The maximum Gasteiger partial charge on any atom is 0.277 e. The Balaban J connectivity index is 2.21. The molecule has 5 nitrogen and oxygen atoms in total. The van der Waals surface area contributed by atoms with Crippen molar-refractivity contribution in [3.05, 3.63) is 11.4 Å². The van der Waals surface area contributed by atoms with Gasteiger partial charge in [-0.15, -0.1) is 6.42 Å². The number of aromatic amines is 1. The van der Waals surface area contributed by atoms with Crippen molar-refractivity contribution in [1.82, 2.24) is 15.1 Å². The van der Waals surface area contributed by atoms with Crippen LogP contribution in [0.15, 0.2) is 0 Å². The van der Waals surface area contributed by atoms with Crippen LogP contribution in [0.25, 0.3) is 0 Å². The highest BCUT2D eigenvalue weighted by Gasteiger charge is 2.31. The van der Waals surface area contributed by atoms with Gasteiger partial charge in [-0.3, -0.25) is 9.89 Å². The highest BCUT2D eigenvalue weighted by molar-refractivity contribution is 5.97. The van der Waals surface area contributed by atoms with Gasteiger partial charge in [-0.2, -0.15) is 5.10 Å². The maximum atomic E-state index is 12.1. The Bertz CT molecular complexity index is 467. The Morgan fingerprint density at radius 3 is 2.94 bits per heavy atom. The van der Waals surface area contributed by atoms with Crippen LogP contribution in [-0.4, -0.2) is 34.1 Å². The summed E-state index contributed by atoms with van der Waals surface area (Å²) in [5.41, 5.74) is 7.61. The number of hydrogen-bond acceptors (Lipinski definition) is 3. The lowest BCUT2D eigenvalue weighted by molar-refractivity contribution is 0.0780. The first-order valence-electron chi connectivity index (χ1n) is 5.75. The molecule has 17 heavy (non-hydrogen) atoms. The number of rotatable bonds is 4. The lowest BCUT2D eigenvalue weighted by atomic mass is 10.2. The summed E-state index contributed by atoms with van der Waals surface area (Å²) < 4.78 is 0. The third-order valence-electron chi connectivity index (χ3n) is 2.97. The number of anilines is 1. The van der Waals surface area contributed by atoms with Gasteiger partial charge in [0.1, 0.15) is 0 Å². The van der Waals surface area contributed by atoms with E-state index in [4.69, 9.17) is 12.2 Å². The molecular weight excluding hydrogens is 216 g/mol. The fourth-order valence-corrected chi connectivity index (χ4v) is 1.80. The summed E-state index contributed by atoms with van der Waals surface area (Å²) in [6.45, 7) is 2.70. The van der Waals surface area contributed by atoms with Crippen molar-refractivity contribution in [1.29, 1.82) is 0 Å². The molecule has 0 atom stereocenters. The maximum absolute atomic E-state index is 12.1. The summed E-state index contributed by atoms with van der Waals surface area (Å²) in [5, 5.41) is 6.88.